The van der Waals surface area contributed by atoms with Gasteiger partial charge in [-0.05, 0) is 43.4 Å². The Morgan fingerprint density at radius 1 is 1.26 bits per heavy atom. The predicted molar refractivity (Wildman–Crippen MR) is 76.6 cm³/mol. The summed E-state index contributed by atoms with van der Waals surface area (Å²) in [7, 11) is 0. The van der Waals surface area contributed by atoms with Crippen molar-refractivity contribution in [1.29, 1.82) is 0 Å². The fraction of sp³-hybridized carbons (Fsp3) is 0.938. The third-order valence-corrected chi connectivity index (χ3v) is 5.65. The smallest absolute Gasteiger partial charge is 0.244 e. The maximum absolute atomic E-state index is 12.7. The molecule has 3 fully saturated rings. The average Bonchev–Trinajstić information content (AvgIpc) is 2.85. The molecular formula is C16H28N2O. The van der Waals surface area contributed by atoms with Gasteiger partial charge in [-0.2, -0.15) is 0 Å². The lowest BCUT2D eigenvalue weighted by atomic mass is 9.96. The van der Waals surface area contributed by atoms with Crippen LogP contribution in [0.5, 0.6) is 0 Å². The van der Waals surface area contributed by atoms with Gasteiger partial charge in [0.25, 0.3) is 0 Å². The van der Waals surface area contributed by atoms with Crippen molar-refractivity contribution >= 4 is 5.91 Å². The lowest BCUT2D eigenvalue weighted by molar-refractivity contribution is -0.132. The van der Waals surface area contributed by atoms with Gasteiger partial charge in [0, 0.05) is 6.54 Å². The highest BCUT2D eigenvalue weighted by Gasteiger charge is 2.60. The second-order valence-electron chi connectivity index (χ2n) is 7.39. The number of hydrogen-bond donors (Lipinski definition) is 1. The molecule has 1 amide bonds. The summed E-state index contributed by atoms with van der Waals surface area (Å²) in [5, 5.41) is 3.70. The molecule has 1 aliphatic heterocycles. The summed E-state index contributed by atoms with van der Waals surface area (Å²) in [6.07, 6.45) is 7.73. The van der Waals surface area contributed by atoms with E-state index in [-0.39, 0.29) is 5.54 Å². The van der Waals surface area contributed by atoms with E-state index in [2.05, 4.69) is 31.0 Å². The molecule has 3 nitrogen and oxygen atoms in total. The Kier molecular flexibility index (Phi) is 3.36. The fourth-order valence-electron chi connectivity index (χ4n) is 3.67. The van der Waals surface area contributed by atoms with Gasteiger partial charge in [0.05, 0.1) is 11.7 Å². The topological polar surface area (TPSA) is 32.3 Å². The van der Waals surface area contributed by atoms with E-state index in [9.17, 15) is 4.79 Å². The Morgan fingerprint density at radius 2 is 1.89 bits per heavy atom. The molecule has 2 aliphatic carbocycles. The molecular weight excluding hydrogens is 236 g/mol. The minimum absolute atomic E-state index is 0.135. The van der Waals surface area contributed by atoms with Crippen molar-refractivity contribution in [3.8, 4) is 0 Å². The van der Waals surface area contributed by atoms with E-state index in [0.29, 0.717) is 29.8 Å². The van der Waals surface area contributed by atoms with E-state index in [1.165, 1.54) is 25.7 Å². The zero-order chi connectivity index (χ0) is 13.6. The van der Waals surface area contributed by atoms with Crippen molar-refractivity contribution in [1.82, 2.24) is 10.2 Å². The van der Waals surface area contributed by atoms with Gasteiger partial charge in [-0.3, -0.25) is 10.1 Å². The van der Waals surface area contributed by atoms with Gasteiger partial charge in [-0.1, -0.05) is 33.6 Å². The van der Waals surface area contributed by atoms with Crippen LogP contribution in [0.3, 0.4) is 0 Å². The lowest BCUT2D eigenvalue weighted by Crippen LogP contribution is -2.45. The Labute approximate surface area is 117 Å². The van der Waals surface area contributed by atoms with Crippen molar-refractivity contribution in [3.63, 3.8) is 0 Å². The van der Waals surface area contributed by atoms with E-state index in [1.54, 1.807) is 0 Å². The van der Waals surface area contributed by atoms with Crippen molar-refractivity contribution < 1.29 is 4.79 Å². The molecule has 2 saturated carbocycles. The predicted octanol–water partition coefficient (Wildman–Crippen LogP) is 2.76. The molecule has 3 rings (SSSR count). The standard InChI is InChI=1S/C16H28N2O/c1-11(2)12(3)10-18-14(13-6-4-5-7-13)17-16(8-9-16)15(18)19/h11-14,17H,4-10H2,1-3H3. The second-order valence-corrected chi connectivity index (χ2v) is 7.39. The summed E-state index contributed by atoms with van der Waals surface area (Å²) in [6, 6.07) is 0. The number of nitrogens with zero attached hydrogens (tertiary/aromatic N) is 1. The van der Waals surface area contributed by atoms with E-state index in [4.69, 9.17) is 0 Å². The van der Waals surface area contributed by atoms with E-state index in [1.807, 2.05) is 0 Å². The van der Waals surface area contributed by atoms with Crippen LogP contribution in [0.4, 0.5) is 0 Å². The summed E-state index contributed by atoms with van der Waals surface area (Å²) in [5.41, 5.74) is -0.135. The van der Waals surface area contributed by atoms with Crippen LogP contribution in [0.1, 0.15) is 59.3 Å². The molecule has 0 aromatic rings. The molecule has 0 radical (unpaired) electrons. The van der Waals surface area contributed by atoms with Crippen molar-refractivity contribution in [2.75, 3.05) is 6.54 Å². The number of amides is 1. The molecule has 3 heteroatoms. The van der Waals surface area contributed by atoms with Gasteiger partial charge >= 0.3 is 0 Å². The first-order chi connectivity index (χ1) is 9.03. The largest absolute Gasteiger partial charge is 0.325 e. The number of carbonyl (C=O) groups excluding carboxylic acids is 1. The number of carbonyl (C=O) groups is 1. The highest BCUT2D eigenvalue weighted by atomic mass is 16.2. The van der Waals surface area contributed by atoms with Crippen LogP contribution in [0, 0.1) is 17.8 Å². The number of nitrogens with one attached hydrogen (secondary N) is 1. The van der Waals surface area contributed by atoms with Gasteiger partial charge in [0.2, 0.25) is 5.91 Å². The van der Waals surface area contributed by atoms with Crippen LogP contribution >= 0.6 is 0 Å². The Bertz CT molecular complexity index is 356. The lowest BCUT2D eigenvalue weighted by Gasteiger charge is -2.32. The van der Waals surface area contributed by atoms with Gasteiger partial charge in [-0.15, -0.1) is 0 Å². The Hall–Kier alpha value is -0.570. The fourth-order valence-corrected chi connectivity index (χ4v) is 3.67. The molecule has 2 atom stereocenters. The summed E-state index contributed by atoms with van der Waals surface area (Å²) in [6.45, 7) is 7.74. The minimum atomic E-state index is -0.135. The Balaban J connectivity index is 1.74. The number of hydrogen-bond acceptors (Lipinski definition) is 2. The molecule has 1 heterocycles. The molecule has 19 heavy (non-hydrogen) atoms. The maximum atomic E-state index is 12.7. The van der Waals surface area contributed by atoms with Crippen molar-refractivity contribution in [3.05, 3.63) is 0 Å². The summed E-state index contributed by atoms with van der Waals surface area (Å²) in [4.78, 5) is 14.9. The van der Waals surface area contributed by atoms with Crippen LogP contribution in [0.25, 0.3) is 0 Å². The van der Waals surface area contributed by atoms with Crippen LogP contribution in [-0.4, -0.2) is 29.1 Å². The second kappa shape index (κ2) is 4.76. The third-order valence-electron chi connectivity index (χ3n) is 5.65. The first-order valence-electron chi connectivity index (χ1n) is 8.12. The molecule has 108 valence electrons. The summed E-state index contributed by atoms with van der Waals surface area (Å²) >= 11 is 0. The third kappa shape index (κ3) is 2.31. The molecule has 0 aromatic carbocycles. The van der Waals surface area contributed by atoms with Crippen molar-refractivity contribution in [2.45, 2.75) is 71.0 Å². The Morgan fingerprint density at radius 3 is 2.42 bits per heavy atom. The summed E-state index contributed by atoms with van der Waals surface area (Å²) in [5.74, 6) is 2.33. The molecule has 3 aliphatic rings. The van der Waals surface area contributed by atoms with Gasteiger partial charge in [-0.25, -0.2) is 0 Å². The molecule has 1 spiro atoms. The first kappa shape index (κ1) is 13.4. The van der Waals surface area contributed by atoms with Crippen molar-refractivity contribution in [2.24, 2.45) is 17.8 Å². The molecule has 0 bridgehead atoms. The highest BCUT2D eigenvalue weighted by Crippen LogP contribution is 2.45. The quantitative estimate of drug-likeness (QED) is 0.847. The average molecular weight is 264 g/mol. The summed E-state index contributed by atoms with van der Waals surface area (Å²) < 4.78 is 0. The maximum Gasteiger partial charge on any atom is 0.244 e. The minimum Gasteiger partial charge on any atom is -0.325 e. The van der Waals surface area contributed by atoms with E-state index >= 15 is 0 Å². The van der Waals surface area contributed by atoms with Gasteiger partial charge in [0.15, 0.2) is 0 Å². The van der Waals surface area contributed by atoms with Crippen LogP contribution in [-0.2, 0) is 4.79 Å². The zero-order valence-electron chi connectivity index (χ0n) is 12.6. The SMILES string of the molecule is CC(C)C(C)CN1C(=O)C2(CC2)NC1C1CCCC1. The van der Waals surface area contributed by atoms with Crippen LogP contribution in [0.2, 0.25) is 0 Å². The molecule has 1 saturated heterocycles. The van der Waals surface area contributed by atoms with Crippen LogP contribution in [0.15, 0.2) is 0 Å². The monoisotopic (exact) mass is 264 g/mol. The van der Waals surface area contributed by atoms with E-state index in [0.717, 1.165) is 19.4 Å². The molecule has 1 N–H and O–H groups in total. The van der Waals surface area contributed by atoms with Gasteiger partial charge in [0.1, 0.15) is 0 Å². The van der Waals surface area contributed by atoms with Crippen LogP contribution < -0.4 is 5.32 Å². The molecule has 2 unspecified atom stereocenters. The zero-order valence-corrected chi connectivity index (χ0v) is 12.6. The van der Waals surface area contributed by atoms with E-state index < -0.39 is 0 Å². The highest BCUT2D eigenvalue weighted by molar-refractivity contribution is 5.91. The molecule has 0 aromatic heterocycles. The van der Waals surface area contributed by atoms with Gasteiger partial charge < -0.3 is 4.90 Å². The first-order valence-corrected chi connectivity index (χ1v) is 8.12. The number of rotatable bonds is 4. The normalized spacial score (nSPS) is 31.7.